The van der Waals surface area contributed by atoms with Crippen LogP contribution in [0, 0.1) is 11.8 Å². The monoisotopic (exact) mass is 413 g/mol. The minimum Gasteiger partial charge on any atom is -0.393 e. The molecular formula is C26H38BF2N. The van der Waals surface area contributed by atoms with E-state index in [1.165, 1.54) is 27.8 Å². The van der Waals surface area contributed by atoms with Crippen LogP contribution in [0.3, 0.4) is 0 Å². The van der Waals surface area contributed by atoms with Crippen LogP contribution in [0.25, 0.3) is 5.57 Å². The number of halogens is 2. The number of alkyl halides is 2. The average molecular weight is 413 g/mol. The molecule has 2 atom stereocenters. The predicted octanol–water partition coefficient (Wildman–Crippen LogP) is 6.69. The molecule has 0 radical (unpaired) electrons. The van der Waals surface area contributed by atoms with Gasteiger partial charge in [0.25, 0.3) is 5.92 Å². The van der Waals surface area contributed by atoms with Gasteiger partial charge in [0.1, 0.15) is 0 Å². The third-order valence-electron chi connectivity index (χ3n) is 5.72. The van der Waals surface area contributed by atoms with Crippen molar-refractivity contribution in [1.82, 2.24) is 5.32 Å². The standard InChI is InChI=1S/C26H38BF2N/c1-17(2)11-18(3)12-19(4)13-20(5)23-10-8-9-22-14-25(27-16-24(22)23)30-21(6)15-26(7,28)29/h8-10,17,19,25,27,30H,3,5-6,11-16H2,1-2,4,7H3. The highest BCUT2D eigenvalue weighted by Gasteiger charge is 2.26. The summed E-state index contributed by atoms with van der Waals surface area (Å²) in [7, 11) is 0.923. The van der Waals surface area contributed by atoms with Gasteiger partial charge in [-0.05, 0) is 73.0 Å². The maximum absolute atomic E-state index is 13.2. The first kappa shape index (κ1) is 24.4. The lowest BCUT2D eigenvalue weighted by molar-refractivity contribution is 0.0211. The molecule has 2 unspecified atom stereocenters. The molecular weight excluding hydrogens is 375 g/mol. The molecule has 1 aromatic carbocycles. The first-order valence-electron chi connectivity index (χ1n) is 11.2. The molecule has 1 aliphatic heterocycles. The van der Waals surface area contributed by atoms with E-state index >= 15 is 0 Å². The second kappa shape index (κ2) is 10.5. The average Bonchev–Trinajstić information content (AvgIpc) is 2.58. The van der Waals surface area contributed by atoms with E-state index in [1.807, 2.05) is 0 Å². The van der Waals surface area contributed by atoms with Crippen molar-refractivity contribution < 1.29 is 8.78 Å². The fourth-order valence-corrected chi connectivity index (χ4v) is 4.73. The van der Waals surface area contributed by atoms with Crippen LogP contribution in [0.15, 0.2) is 49.2 Å². The van der Waals surface area contributed by atoms with Crippen LogP contribution in [0.2, 0.25) is 0 Å². The molecule has 1 aliphatic rings. The van der Waals surface area contributed by atoms with Crippen molar-refractivity contribution in [2.45, 2.75) is 78.0 Å². The van der Waals surface area contributed by atoms with E-state index in [-0.39, 0.29) is 12.4 Å². The second-order valence-corrected chi connectivity index (χ2v) is 9.84. The van der Waals surface area contributed by atoms with Crippen molar-refractivity contribution in [3.63, 3.8) is 0 Å². The van der Waals surface area contributed by atoms with Crippen molar-refractivity contribution in [2.24, 2.45) is 11.8 Å². The van der Waals surface area contributed by atoms with E-state index in [9.17, 15) is 8.78 Å². The number of hydrogen-bond acceptors (Lipinski definition) is 1. The van der Waals surface area contributed by atoms with Gasteiger partial charge >= 0.3 is 0 Å². The first-order chi connectivity index (χ1) is 13.9. The Morgan fingerprint density at radius 2 is 1.87 bits per heavy atom. The Bertz CT molecular complexity index is 776. The zero-order chi connectivity index (χ0) is 22.5. The fourth-order valence-electron chi connectivity index (χ4n) is 4.73. The highest BCUT2D eigenvalue weighted by Crippen LogP contribution is 2.32. The lowest BCUT2D eigenvalue weighted by atomic mass is 9.57. The van der Waals surface area contributed by atoms with E-state index in [1.54, 1.807) is 0 Å². The third-order valence-corrected chi connectivity index (χ3v) is 5.72. The summed E-state index contributed by atoms with van der Waals surface area (Å²) in [5.41, 5.74) is 6.88. The van der Waals surface area contributed by atoms with E-state index < -0.39 is 5.92 Å². The molecule has 0 aromatic heterocycles. The molecule has 1 heterocycles. The van der Waals surface area contributed by atoms with E-state index in [4.69, 9.17) is 0 Å². The van der Waals surface area contributed by atoms with Crippen LogP contribution >= 0.6 is 0 Å². The minimum absolute atomic E-state index is 0.161. The van der Waals surface area contributed by atoms with E-state index in [2.05, 4.69) is 64.0 Å². The molecule has 0 fully saturated rings. The molecule has 1 N–H and O–H groups in total. The summed E-state index contributed by atoms with van der Waals surface area (Å²) in [6.07, 6.45) is 4.56. The van der Waals surface area contributed by atoms with E-state index in [0.717, 1.165) is 46.2 Å². The van der Waals surface area contributed by atoms with Gasteiger partial charge in [0.05, 0.1) is 6.42 Å². The molecule has 0 bridgehead atoms. The van der Waals surface area contributed by atoms with Crippen molar-refractivity contribution in [3.05, 3.63) is 65.9 Å². The maximum atomic E-state index is 13.2. The largest absolute Gasteiger partial charge is 0.393 e. The summed E-state index contributed by atoms with van der Waals surface area (Å²) in [6, 6.07) is 6.44. The lowest BCUT2D eigenvalue weighted by Crippen LogP contribution is -2.41. The topological polar surface area (TPSA) is 12.0 Å². The number of hydrogen-bond donors (Lipinski definition) is 1. The van der Waals surface area contributed by atoms with Crippen LogP contribution in [0.1, 0.15) is 70.1 Å². The normalized spacial score (nSPS) is 17.1. The highest BCUT2D eigenvalue weighted by molar-refractivity contribution is 6.38. The molecule has 1 aromatic rings. The molecule has 0 aliphatic carbocycles. The summed E-state index contributed by atoms with van der Waals surface area (Å²) in [5.74, 6) is -1.39. The number of benzene rings is 1. The van der Waals surface area contributed by atoms with Crippen molar-refractivity contribution in [2.75, 3.05) is 0 Å². The summed E-state index contributed by atoms with van der Waals surface area (Å²) >= 11 is 0. The summed E-state index contributed by atoms with van der Waals surface area (Å²) in [5, 5.41) is 3.23. The number of fused-ring (bicyclic) bond motifs is 1. The number of nitrogens with one attached hydrogen (secondary N) is 1. The SMILES string of the molecule is C=C(CC(C)C)CC(C)CC(=C)c1cccc2c1CBC(NC(=C)CC(C)(F)F)C2. The summed E-state index contributed by atoms with van der Waals surface area (Å²) in [6.45, 7) is 20.1. The zero-order valence-corrected chi connectivity index (χ0v) is 19.3. The molecule has 164 valence electrons. The van der Waals surface area contributed by atoms with Gasteiger partial charge in [0, 0.05) is 11.6 Å². The van der Waals surface area contributed by atoms with E-state index in [0.29, 0.717) is 17.5 Å². The minimum atomic E-state index is -2.72. The van der Waals surface area contributed by atoms with Gasteiger partial charge in [-0.15, -0.1) is 0 Å². The van der Waals surface area contributed by atoms with Gasteiger partial charge in [-0.1, -0.05) is 64.3 Å². The van der Waals surface area contributed by atoms with Gasteiger partial charge in [-0.3, -0.25) is 0 Å². The van der Waals surface area contributed by atoms with Crippen LogP contribution in [-0.4, -0.2) is 19.1 Å². The van der Waals surface area contributed by atoms with Crippen LogP contribution in [0.4, 0.5) is 8.78 Å². The van der Waals surface area contributed by atoms with Crippen LogP contribution < -0.4 is 5.32 Å². The Morgan fingerprint density at radius 1 is 1.17 bits per heavy atom. The van der Waals surface area contributed by atoms with Gasteiger partial charge in [-0.25, -0.2) is 8.78 Å². The maximum Gasteiger partial charge on any atom is 0.250 e. The highest BCUT2D eigenvalue weighted by atomic mass is 19.3. The lowest BCUT2D eigenvalue weighted by Gasteiger charge is -2.29. The summed E-state index contributed by atoms with van der Waals surface area (Å²) in [4.78, 5) is 0. The van der Waals surface area contributed by atoms with Gasteiger partial charge in [0.15, 0.2) is 7.28 Å². The third kappa shape index (κ3) is 7.77. The Hall–Kier alpha value is -1.84. The van der Waals surface area contributed by atoms with Crippen molar-refractivity contribution >= 4 is 12.9 Å². The molecule has 0 spiro atoms. The van der Waals surface area contributed by atoms with Gasteiger partial charge < -0.3 is 5.32 Å². The Kier molecular flexibility index (Phi) is 8.52. The summed E-state index contributed by atoms with van der Waals surface area (Å²) < 4.78 is 26.5. The van der Waals surface area contributed by atoms with Gasteiger partial charge in [-0.2, -0.15) is 0 Å². The molecule has 0 saturated carbocycles. The number of allylic oxidation sites excluding steroid dienone is 3. The molecule has 30 heavy (non-hydrogen) atoms. The van der Waals surface area contributed by atoms with Crippen molar-refractivity contribution in [1.29, 1.82) is 0 Å². The molecule has 0 amide bonds. The zero-order valence-electron chi connectivity index (χ0n) is 19.3. The van der Waals surface area contributed by atoms with Crippen LogP contribution in [-0.2, 0) is 12.7 Å². The molecule has 2 rings (SSSR count). The molecule has 0 saturated heterocycles. The van der Waals surface area contributed by atoms with Crippen LogP contribution in [0.5, 0.6) is 0 Å². The quantitative estimate of drug-likeness (QED) is 0.315. The first-order valence-corrected chi connectivity index (χ1v) is 11.2. The molecule has 4 heteroatoms. The smallest absolute Gasteiger partial charge is 0.250 e. The molecule has 1 nitrogen and oxygen atoms in total. The number of rotatable bonds is 11. The van der Waals surface area contributed by atoms with Gasteiger partial charge in [0.2, 0.25) is 0 Å². The predicted molar refractivity (Wildman–Crippen MR) is 128 cm³/mol. The fraction of sp³-hybridized carbons (Fsp3) is 0.538. The Balaban J connectivity index is 1.99. The van der Waals surface area contributed by atoms with Crippen molar-refractivity contribution in [3.8, 4) is 0 Å². The Morgan fingerprint density at radius 3 is 2.50 bits per heavy atom. The Labute approximate surface area is 183 Å². The second-order valence-electron chi connectivity index (χ2n) is 9.84.